The van der Waals surface area contributed by atoms with Crippen LogP contribution in [0.4, 0.5) is 0 Å². The molecular formula is C4H8BrZn. The second-order valence-electron chi connectivity index (χ2n) is 1.80. The van der Waals surface area contributed by atoms with E-state index in [1.54, 1.807) is 31.1 Å². The van der Waals surface area contributed by atoms with Crippen LogP contribution in [-0.2, 0) is 18.3 Å². The van der Waals surface area contributed by atoms with Crippen LogP contribution in [-0.4, -0.2) is 0 Å². The van der Waals surface area contributed by atoms with E-state index in [0.29, 0.717) is 0 Å². The van der Waals surface area contributed by atoms with Gasteiger partial charge < -0.3 is 0 Å². The molecule has 6 heavy (non-hydrogen) atoms. The molecule has 0 aromatic rings. The topological polar surface area (TPSA) is 0 Å². The van der Waals surface area contributed by atoms with Crippen LogP contribution in [0.15, 0.2) is 0 Å². The van der Waals surface area contributed by atoms with Gasteiger partial charge in [0.25, 0.3) is 0 Å². The van der Waals surface area contributed by atoms with Crippen molar-refractivity contribution in [2.45, 2.75) is 23.8 Å². The second kappa shape index (κ2) is 3.15. The molecule has 0 saturated heterocycles. The van der Waals surface area contributed by atoms with Gasteiger partial charge in [0.2, 0.25) is 0 Å². The minimum absolute atomic E-state index is 0. The summed E-state index contributed by atoms with van der Waals surface area (Å²) < 4.78 is 1.19. The van der Waals surface area contributed by atoms with Crippen molar-refractivity contribution < 1.29 is 18.3 Å². The fraction of sp³-hybridized carbons (Fsp3) is 1.00. The summed E-state index contributed by atoms with van der Waals surface area (Å²) in [6.07, 6.45) is 4.60. The minimum atomic E-state index is 0. The molecule has 2 heteroatoms. The van der Waals surface area contributed by atoms with E-state index in [1.807, 2.05) is 0 Å². The van der Waals surface area contributed by atoms with Gasteiger partial charge in [-0.15, -0.1) is 17.0 Å². The summed E-state index contributed by atoms with van der Waals surface area (Å²) in [6, 6.07) is 0. The van der Waals surface area contributed by atoms with Crippen LogP contribution in [0, 0.1) is 0 Å². The summed E-state index contributed by atoms with van der Waals surface area (Å²) in [5, 5.41) is 0. The van der Waals surface area contributed by atoms with Gasteiger partial charge in [-0.05, 0) is 0 Å². The fourth-order valence-electron chi connectivity index (χ4n) is 0.493. The molecule has 0 heterocycles. The van der Waals surface area contributed by atoms with Crippen LogP contribution in [0.25, 0.3) is 0 Å². The maximum absolute atomic E-state index is 1.54. The molecule has 0 bridgehead atoms. The first-order valence-electron chi connectivity index (χ1n) is 2.22. The third-order valence-corrected chi connectivity index (χ3v) is 2.94. The second-order valence-corrected chi connectivity index (χ2v) is 4.22. The first-order valence-corrected chi connectivity index (χ1v) is 3.94. The van der Waals surface area contributed by atoms with E-state index in [1.165, 1.54) is 10.9 Å². The zero-order valence-electron chi connectivity index (χ0n) is 3.81. The molecule has 1 fully saturated rings. The summed E-state index contributed by atoms with van der Waals surface area (Å²) in [5.41, 5.74) is 0. The molecule has 1 rings (SSSR count). The Morgan fingerprint density at radius 1 is 1.33 bits per heavy atom. The molecule has 0 aromatic heterocycles. The number of hydrogen-bond acceptors (Lipinski definition) is 0. The zero-order chi connectivity index (χ0) is 3.70. The Kier molecular flexibility index (Phi) is 3.73. The number of rotatable bonds is 0. The molecule has 0 N–H and O–H groups in total. The summed E-state index contributed by atoms with van der Waals surface area (Å²) >= 11 is 1.54. The Balaban J connectivity index is 0.000000250. The van der Waals surface area contributed by atoms with Crippen molar-refractivity contribution in [1.29, 1.82) is 0 Å². The van der Waals surface area contributed by atoms with Crippen molar-refractivity contribution in [3.63, 3.8) is 0 Å². The fourth-order valence-corrected chi connectivity index (χ4v) is 1.70. The monoisotopic (exact) mass is 199 g/mol. The zero-order valence-corrected chi connectivity index (χ0v) is 8.49. The molecular weight excluding hydrogens is 193 g/mol. The Morgan fingerprint density at radius 3 is 1.67 bits per heavy atom. The molecule has 1 saturated carbocycles. The van der Waals surface area contributed by atoms with Crippen LogP contribution < -0.4 is 0 Å². The summed E-state index contributed by atoms with van der Waals surface area (Å²) in [6.45, 7) is 0. The van der Waals surface area contributed by atoms with Crippen molar-refractivity contribution in [1.82, 2.24) is 0 Å². The maximum atomic E-state index is 1.54. The molecule has 0 aliphatic heterocycles. The Hall–Kier alpha value is 1.10. The van der Waals surface area contributed by atoms with Crippen LogP contribution >= 0.6 is 17.0 Å². The predicted octanol–water partition coefficient (Wildman–Crippen LogP) is 2.08. The predicted molar refractivity (Wildman–Crippen MR) is 27.9 cm³/mol. The van der Waals surface area contributed by atoms with Crippen LogP contribution in [0.1, 0.15) is 19.3 Å². The van der Waals surface area contributed by atoms with Crippen molar-refractivity contribution in [3.8, 4) is 0 Å². The molecule has 0 unspecified atom stereocenters. The van der Waals surface area contributed by atoms with E-state index in [-0.39, 0.29) is 17.0 Å². The van der Waals surface area contributed by atoms with Gasteiger partial charge in [0, 0.05) is 0 Å². The SMILES string of the molecule is Br.[Zn][CH]1CCC1. The van der Waals surface area contributed by atoms with E-state index < -0.39 is 0 Å². The molecule has 0 spiro atoms. The van der Waals surface area contributed by atoms with Gasteiger partial charge >= 0.3 is 42.1 Å². The molecule has 0 nitrogen and oxygen atoms in total. The molecule has 0 atom stereocenters. The van der Waals surface area contributed by atoms with Gasteiger partial charge in [0.05, 0.1) is 0 Å². The average Bonchev–Trinajstić information content (AvgIpc) is 1.30. The van der Waals surface area contributed by atoms with Crippen molar-refractivity contribution in [2.24, 2.45) is 0 Å². The van der Waals surface area contributed by atoms with E-state index in [9.17, 15) is 0 Å². The third kappa shape index (κ3) is 1.70. The van der Waals surface area contributed by atoms with Crippen LogP contribution in [0.2, 0.25) is 4.51 Å². The van der Waals surface area contributed by atoms with Gasteiger partial charge in [-0.3, -0.25) is 0 Å². The summed E-state index contributed by atoms with van der Waals surface area (Å²) in [7, 11) is 0. The standard InChI is InChI=1S/C4H7.BrH.Zn/c1-2-4-3-1;;/h1H,2-4H2;1H;. The van der Waals surface area contributed by atoms with Gasteiger partial charge in [-0.25, -0.2) is 0 Å². The van der Waals surface area contributed by atoms with E-state index in [2.05, 4.69) is 0 Å². The van der Waals surface area contributed by atoms with Crippen LogP contribution in [0.5, 0.6) is 0 Å². The Labute approximate surface area is 59.1 Å². The Morgan fingerprint density at radius 2 is 1.67 bits per heavy atom. The molecule has 0 amide bonds. The quantitative estimate of drug-likeness (QED) is 0.527. The molecule has 1 aliphatic rings. The molecule has 0 radical (unpaired) electrons. The van der Waals surface area contributed by atoms with Crippen molar-refractivity contribution >= 4 is 17.0 Å². The van der Waals surface area contributed by atoms with E-state index >= 15 is 0 Å². The molecule has 1 aliphatic carbocycles. The molecule has 33 valence electrons. The summed E-state index contributed by atoms with van der Waals surface area (Å²) in [5.74, 6) is 0. The third-order valence-electron chi connectivity index (χ3n) is 1.22. The first kappa shape index (κ1) is 7.10. The first-order chi connectivity index (χ1) is 2.39. The van der Waals surface area contributed by atoms with Crippen molar-refractivity contribution in [2.75, 3.05) is 0 Å². The van der Waals surface area contributed by atoms with Gasteiger partial charge in [0.1, 0.15) is 0 Å². The van der Waals surface area contributed by atoms with Gasteiger partial charge in [0.15, 0.2) is 0 Å². The van der Waals surface area contributed by atoms with Crippen molar-refractivity contribution in [3.05, 3.63) is 0 Å². The van der Waals surface area contributed by atoms with E-state index in [4.69, 9.17) is 0 Å². The number of halogens is 1. The number of hydrogen-bond donors (Lipinski definition) is 0. The summed E-state index contributed by atoms with van der Waals surface area (Å²) in [4.78, 5) is 0. The normalized spacial score (nSPS) is 21.7. The van der Waals surface area contributed by atoms with Crippen LogP contribution in [0.3, 0.4) is 0 Å². The van der Waals surface area contributed by atoms with Gasteiger partial charge in [-0.1, -0.05) is 0 Å². The van der Waals surface area contributed by atoms with E-state index in [0.717, 1.165) is 0 Å². The Bertz CT molecular complexity index is 34.5. The molecule has 0 aromatic carbocycles. The van der Waals surface area contributed by atoms with Gasteiger partial charge in [-0.2, -0.15) is 0 Å². The average molecular weight is 201 g/mol.